The molecule has 3 aromatic rings. The molecule has 4 nitrogen and oxygen atoms in total. The van der Waals surface area contributed by atoms with Crippen LogP contribution in [0.5, 0.6) is 5.75 Å². The predicted molar refractivity (Wildman–Crippen MR) is 82.5 cm³/mol. The van der Waals surface area contributed by atoms with Gasteiger partial charge in [0.25, 0.3) is 5.91 Å². The Morgan fingerprint density at radius 2 is 1.90 bits per heavy atom. The van der Waals surface area contributed by atoms with Crippen molar-refractivity contribution in [1.29, 1.82) is 0 Å². The Morgan fingerprint density at radius 3 is 2.76 bits per heavy atom. The van der Waals surface area contributed by atoms with E-state index in [4.69, 9.17) is 0 Å². The van der Waals surface area contributed by atoms with Gasteiger partial charge in [-0.15, -0.1) is 0 Å². The molecule has 3 rings (SSSR count). The summed E-state index contributed by atoms with van der Waals surface area (Å²) in [7, 11) is 0. The first-order valence-electron chi connectivity index (χ1n) is 6.60. The fourth-order valence-corrected chi connectivity index (χ4v) is 2.24. The van der Waals surface area contributed by atoms with Crippen molar-refractivity contribution in [1.82, 2.24) is 4.98 Å². The summed E-state index contributed by atoms with van der Waals surface area (Å²) in [5, 5.41) is 13.3. The second-order valence-corrected chi connectivity index (χ2v) is 4.78. The van der Waals surface area contributed by atoms with Crippen LogP contribution in [0.15, 0.2) is 54.7 Å². The molecule has 0 aliphatic heterocycles. The standard InChI is InChI=1S/C17H14N2O2/c1-11-14(7-4-8-16(11)20)19-17(21)13-9-10-18-15-6-3-2-5-12(13)15/h2-10,20H,1H3,(H,19,21). The van der Waals surface area contributed by atoms with E-state index in [1.54, 1.807) is 37.4 Å². The molecule has 2 aromatic carbocycles. The smallest absolute Gasteiger partial charge is 0.256 e. The first-order chi connectivity index (χ1) is 10.2. The number of carbonyl (C=O) groups excluding carboxylic acids is 1. The highest BCUT2D eigenvalue weighted by molar-refractivity contribution is 6.12. The van der Waals surface area contributed by atoms with Gasteiger partial charge in [0.05, 0.1) is 11.1 Å². The zero-order chi connectivity index (χ0) is 14.8. The van der Waals surface area contributed by atoms with Crippen LogP contribution in [-0.2, 0) is 0 Å². The second-order valence-electron chi connectivity index (χ2n) is 4.78. The van der Waals surface area contributed by atoms with E-state index in [0.29, 0.717) is 16.8 Å². The average Bonchev–Trinajstić information content (AvgIpc) is 2.51. The van der Waals surface area contributed by atoms with Gasteiger partial charge in [0.1, 0.15) is 5.75 Å². The molecule has 0 atom stereocenters. The van der Waals surface area contributed by atoms with E-state index < -0.39 is 0 Å². The van der Waals surface area contributed by atoms with Gasteiger partial charge in [-0.25, -0.2) is 0 Å². The molecule has 1 heterocycles. The van der Waals surface area contributed by atoms with Crippen LogP contribution >= 0.6 is 0 Å². The Hall–Kier alpha value is -2.88. The molecule has 0 fully saturated rings. The molecular formula is C17H14N2O2. The number of anilines is 1. The van der Waals surface area contributed by atoms with Crippen LogP contribution in [0, 0.1) is 6.92 Å². The van der Waals surface area contributed by atoms with E-state index in [0.717, 1.165) is 10.9 Å². The monoisotopic (exact) mass is 278 g/mol. The van der Waals surface area contributed by atoms with Gasteiger partial charge in [-0.3, -0.25) is 9.78 Å². The van der Waals surface area contributed by atoms with Crippen molar-refractivity contribution in [2.75, 3.05) is 5.32 Å². The minimum Gasteiger partial charge on any atom is -0.508 e. The molecule has 104 valence electrons. The van der Waals surface area contributed by atoms with Crippen LogP contribution in [0.4, 0.5) is 5.69 Å². The third kappa shape index (κ3) is 2.43. The largest absolute Gasteiger partial charge is 0.508 e. The number of fused-ring (bicyclic) bond motifs is 1. The van der Waals surface area contributed by atoms with Crippen LogP contribution in [0.2, 0.25) is 0 Å². The number of rotatable bonds is 2. The number of pyridine rings is 1. The fourth-order valence-electron chi connectivity index (χ4n) is 2.24. The molecule has 2 N–H and O–H groups in total. The summed E-state index contributed by atoms with van der Waals surface area (Å²) in [6.07, 6.45) is 1.62. The van der Waals surface area contributed by atoms with Gasteiger partial charge in [0.2, 0.25) is 0 Å². The third-order valence-corrected chi connectivity index (χ3v) is 3.45. The number of phenols is 1. The Morgan fingerprint density at radius 1 is 1.10 bits per heavy atom. The SMILES string of the molecule is Cc1c(O)cccc1NC(=O)c1ccnc2ccccc12. The summed E-state index contributed by atoms with van der Waals surface area (Å²) in [5.41, 5.74) is 2.58. The molecule has 4 heteroatoms. The van der Waals surface area contributed by atoms with Crippen molar-refractivity contribution < 1.29 is 9.90 Å². The zero-order valence-electron chi connectivity index (χ0n) is 11.5. The Bertz CT molecular complexity index is 823. The van der Waals surface area contributed by atoms with Gasteiger partial charge in [-0.2, -0.15) is 0 Å². The van der Waals surface area contributed by atoms with E-state index in [2.05, 4.69) is 10.3 Å². The maximum atomic E-state index is 12.5. The molecule has 0 saturated heterocycles. The lowest BCUT2D eigenvalue weighted by Crippen LogP contribution is -2.13. The Labute approximate surface area is 122 Å². The minimum atomic E-state index is -0.220. The zero-order valence-corrected chi connectivity index (χ0v) is 11.5. The highest BCUT2D eigenvalue weighted by atomic mass is 16.3. The summed E-state index contributed by atoms with van der Waals surface area (Å²) < 4.78 is 0. The molecule has 0 saturated carbocycles. The minimum absolute atomic E-state index is 0.160. The summed E-state index contributed by atoms with van der Waals surface area (Å²) in [6, 6.07) is 14.2. The number of phenolic OH excluding ortho intramolecular Hbond substituents is 1. The number of aromatic nitrogens is 1. The second kappa shape index (κ2) is 5.25. The quantitative estimate of drug-likeness (QED) is 0.754. The molecule has 0 unspecified atom stereocenters. The van der Waals surface area contributed by atoms with Crippen molar-refractivity contribution in [3.05, 3.63) is 65.9 Å². The van der Waals surface area contributed by atoms with Gasteiger partial charge in [0.15, 0.2) is 0 Å². The van der Waals surface area contributed by atoms with Gasteiger partial charge < -0.3 is 10.4 Å². The lowest BCUT2D eigenvalue weighted by Gasteiger charge is -2.10. The lowest BCUT2D eigenvalue weighted by atomic mass is 10.1. The molecule has 21 heavy (non-hydrogen) atoms. The van der Waals surface area contributed by atoms with E-state index in [1.165, 1.54) is 0 Å². The molecule has 0 spiro atoms. The summed E-state index contributed by atoms with van der Waals surface area (Å²) in [4.78, 5) is 16.7. The number of para-hydroxylation sites is 1. The normalized spacial score (nSPS) is 10.5. The third-order valence-electron chi connectivity index (χ3n) is 3.45. The molecule has 0 radical (unpaired) electrons. The van der Waals surface area contributed by atoms with E-state index >= 15 is 0 Å². The molecule has 0 bridgehead atoms. The topological polar surface area (TPSA) is 62.2 Å². The number of aromatic hydroxyl groups is 1. The number of carbonyl (C=O) groups is 1. The number of amides is 1. The van der Waals surface area contributed by atoms with Crippen molar-refractivity contribution in [3.8, 4) is 5.75 Å². The maximum absolute atomic E-state index is 12.5. The Balaban J connectivity index is 2.00. The summed E-state index contributed by atoms with van der Waals surface area (Å²) >= 11 is 0. The van der Waals surface area contributed by atoms with Gasteiger partial charge >= 0.3 is 0 Å². The number of nitrogens with zero attached hydrogens (tertiary/aromatic N) is 1. The van der Waals surface area contributed by atoms with Crippen LogP contribution in [0.1, 0.15) is 15.9 Å². The van der Waals surface area contributed by atoms with Crippen molar-refractivity contribution in [2.45, 2.75) is 6.92 Å². The molecular weight excluding hydrogens is 264 g/mol. The van der Waals surface area contributed by atoms with Gasteiger partial charge in [-0.1, -0.05) is 24.3 Å². The molecule has 1 aromatic heterocycles. The number of hydrogen-bond donors (Lipinski definition) is 2. The van der Waals surface area contributed by atoms with Gasteiger partial charge in [0, 0.05) is 22.8 Å². The predicted octanol–water partition coefficient (Wildman–Crippen LogP) is 3.50. The lowest BCUT2D eigenvalue weighted by molar-refractivity contribution is 0.102. The van der Waals surface area contributed by atoms with Crippen molar-refractivity contribution in [3.63, 3.8) is 0 Å². The van der Waals surface area contributed by atoms with Crippen LogP contribution < -0.4 is 5.32 Å². The van der Waals surface area contributed by atoms with Crippen LogP contribution in [0.25, 0.3) is 10.9 Å². The summed E-state index contributed by atoms with van der Waals surface area (Å²) in [6.45, 7) is 1.76. The maximum Gasteiger partial charge on any atom is 0.256 e. The molecule has 0 aliphatic rings. The number of benzene rings is 2. The van der Waals surface area contributed by atoms with Crippen molar-refractivity contribution >= 4 is 22.5 Å². The average molecular weight is 278 g/mol. The van der Waals surface area contributed by atoms with Crippen LogP contribution in [-0.4, -0.2) is 16.0 Å². The first-order valence-corrected chi connectivity index (χ1v) is 6.60. The number of nitrogens with one attached hydrogen (secondary N) is 1. The van der Waals surface area contributed by atoms with Crippen LogP contribution in [0.3, 0.4) is 0 Å². The highest BCUT2D eigenvalue weighted by Crippen LogP contribution is 2.25. The Kier molecular flexibility index (Phi) is 3.28. The first kappa shape index (κ1) is 13.1. The summed E-state index contributed by atoms with van der Waals surface area (Å²) in [5.74, 6) is -0.0605. The molecule has 0 aliphatic carbocycles. The number of hydrogen-bond acceptors (Lipinski definition) is 3. The van der Waals surface area contributed by atoms with E-state index in [9.17, 15) is 9.90 Å². The molecule has 1 amide bonds. The van der Waals surface area contributed by atoms with Gasteiger partial charge in [-0.05, 0) is 31.2 Å². The van der Waals surface area contributed by atoms with E-state index in [-0.39, 0.29) is 11.7 Å². The van der Waals surface area contributed by atoms with E-state index in [1.807, 2.05) is 24.3 Å². The van der Waals surface area contributed by atoms with Crippen molar-refractivity contribution in [2.24, 2.45) is 0 Å². The highest BCUT2D eigenvalue weighted by Gasteiger charge is 2.12. The fraction of sp³-hybridized carbons (Fsp3) is 0.0588.